The highest BCUT2D eigenvalue weighted by atomic mass is 16.3. The summed E-state index contributed by atoms with van der Waals surface area (Å²) in [5.41, 5.74) is 2.44. The smallest absolute Gasteiger partial charge is 0.121 e. The van der Waals surface area contributed by atoms with E-state index in [0.717, 1.165) is 12.5 Å². The Kier molecular flexibility index (Phi) is 4.30. The van der Waals surface area contributed by atoms with Crippen molar-refractivity contribution in [2.24, 2.45) is 5.92 Å². The normalized spacial score (nSPS) is 22.9. The van der Waals surface area contributed by atoms with Gasteiger partial charge < -0.3 is 14.6 Å². The van der Waals surface area contributed by atoms with Gasteiger partial charge >= 0.3 is 0 Å². The minimum atomic E-state index is -0.299. The summed E-state index contributed by atoms with van der Waals surface area (Å²) in [5.74, 6) is 0.850. The van der Waals surface area contributed by atoms with Gasteiger partial charge in [0.1, 0.15) is 12.6 Å². The molecule has 0 bridgehead atoms. The molecule has 0 saturated carbocycles. The molecule has 1 aromatic heterocycles. The minimum absolute atomic E-state index is 0.299. The average Bonchev–Trinajstić information content (AvgIpc) is 2.92. The summed E-state index contributed by atoms with van der Waals surface area (Å²) in [6, 6.07) is 17.0. The van der Waals surface area contributed by atoms with Gasteiger partial charge in [0, 0.05) is 21.8 Å². The lowest BCUT2D eigenvalue weighted by molar-refractivity contribution is -0.909. The van der Waals surface area contributed by atoms with Crippen LogP contribution in [0, 0.1) is 5.92 Å². The number of aliphatic hydroxyl groups is 1. The molecule has 1 aliphatic rings. The van der Waals surface area contributed by atoms with Crippen LogP contribution < -0.4 is 4.90 Å². The Bertz CT molecular complexity index is 777. The number of rotatable bonds is 4. The number of nitrogens with zero attached hydrogens (tertiary/aromatic N) is 1. The SMILES string of the molecule is CC1CC[NH+](C[C@@H](O)Cn2c3ccccc3c3ccccc32)CC1. The quantitative estimate of drug-likeness (QED) is 0.759. The van der Waals surface area contributed by atoms with Gasteiger partial charge in [0.2, 0.25) is 0 Å². The van der Waals surface area contributed by atoms with Gasteiger partial charge in [-0.15, -0.1) is 0 Å². The van der Waals surface area contributed by atoms with Crippen molar-refractivity contribution in [3.8, 4) is 0 Å². The lowest BCUT2D eigenvalue weighted by Crippen LogP contribution is -3.14. The zero-order valence-corrected chi connectivity index (χ0v) is 14.4. The molecule has 3 aromatic rings. The number of aliphatic hydroxyl groups excluding tert-OH is 1. The van der Waals surface area contributed by atoms with E-state index in [-0.39, 0.29) is 6.10 Å². The maximum atomic E-state index is 10.7. The lowest BCUT2D eigenvalue weighted by atomic mass is 9.99. The predicted molar refractivity (Wildman–Crippen MR) is 99.4 cm³/mol. The fraction of sp³-hybridized carbons (Fsp3) is 0.429. The standard InChI is InChI=1S/C21H26N2O/c1-16-10-12-22(13-11-16)14-17(24)15-23-20-8-4-2-6-18(20)19-7-3-5-9-21(19)23/h2-9,16-17,24H,10-15H2,1H3/p+1/t17-/m1/s1. The summed E-state index contributed by atoms with van der Waals surface area (Å²) in [5, 5.41) is 13.3. The van der Waals surface area contributed by atoms with Gasteiger partial charge in [-0.3, -0.25) is 0 Å². The van der Waals surface area contributed by atoms with Crippen LogP contribution in [0.4, 0.5) is 0 Å². The van der Waals surface area contributed by atoms with E-state index in [1.165, 1.54) is 47.7 Å². The maximum absolute atomic E-state index is 10.7. The van der Waals surface area contributed by atoms with E-state index in [1.807, 2.05) is 0 Å². The Morgan fingerprint density at radius 3 is 2.12 bits per heavy atom. The minimum Gasteiger partial charge on any atom is -0.385 e. The van der Waals surface area contributed by atoms with Gasteiger partial charge in [-0.2, -0.15) is 0 Å². The van der Waals surface area contributed by atoms with Crippen LogP contribution in [0.15, 0.2) is 48.5 Å². The third-order valence-corrected chi connectivity index (χ3v) is 5.58. The molecule has 1 fully saturated rings. The molecular formula is C21H27N2O+. The van der Waals surface area contributed by atoms with Crippen molar-refractivity contribution in [1.82, 2.24) is 4.57 Å². The third-order valence-electron chi connectivity index (χ3n) is 5.58. The Labute approximate surface area is 143 Å². The number of likely N-dealkylation sites (tertiary alicyclic amines) is 1. The van der Waals surface area contributed by atoms with E-state index in [1.54, 1.807) is 4.90 Å². The molecule has 2 aromatic carbocycles. The summed E-state index contributed by atoms with van der Waals surface area (Å²) >= 11 is 0. The number of fused-ring (bicyclic) bond motifs is 3. The largest absolute Gasteiger partial charge is 0.385 e. The van der Waals surface area contributed by atoms with Crippen molar-refractivity contribution in [3.05, 3.63) is 48.5 Å². The van der Waals surface area contributed by atoms with E-state index in [0.29, 0.717) is 6.54 Å². The number of hydrogen-bond donors (Lipinski definition) is 2. The number of quaternary nitrogens is 1. The van der Waals surface area contributed by atoms with E-state index in [2.05, 4.69) is 60.0 Å². The molecule has 0 spiro atoms. The lowest BCUT2D eigenvalue weighted by Gasteiger charge is -2.29. The number of piperidine rings is 1. The second kappa shape index (κ2) is 6.58. The van der Waals surface area contributed by atoms with Gasteiger partial charge in [0.05, 0.1) is 19.6 Å². The second-order valence-corrected chi connectivity index (χ2v) is 7.44. The van der Waals surface area contributed by atoms with Crippen molar-refractivity contribution in [2.45, 2.75) is 32.4 Å². The highest BCUT2D eigenvalue weighted by molar-refractivity contribution is 6.07. The summed E-state index contributed by atoms with van der Waals surface area (Å²) < 4.78 is 2.29. The Morgan fingerprint density at radius 2 is 1.54 bits per heavy atom. The first-order valence-corrected chi connectivity index (χ1v) is 9.20. The molecule has 0 aliphatic carbocycles. The van der Waals surface area contributed by atoms with Crippen LogP contribution in [0.25, 0.3) is 21.8 Å². The van der Waals surface area contributed by atoms with Gasteiger partial charge in [0.25, 0.3) is 0 Å². The first-order valence-electron chi connectivity index (χ1n) is 9.20. The van der Waals surface area contributed by atoms with E-state index in [4.69, 9.17) is 0 Å². The van der Waals surface area contributed by atoms with Crippen LogP contribution in [0.5, 0.6) is 0 Å². The van der Waals surface area contributed by atoms with Crippen molar-refractivity contribution >= 4 is 21.8 Å². The van der Waals surface area contributed by atoms with E-state index >= 15 is 0 Å². The number of hydrogen-bond acceptors (Lipinski definition) is 1. The molecule has 126 valence electrons. The first kappa shape index (κ1) is 15.7. The predicted octanol–water partition coefficient (Wildman–Crippen LogP) is 2.47. The summed E-state index contributed by atoms with van der Waals surface area (Å²) in [4.78, 5) is 1.56. The Morgan fingerprint density at radius 1 is 1.00 bits per heavy atom. The summed E-state index contributed by atoms with van der Waals surface area (Å²) in [6.45, 7) is 6.27. The van der Waals surface area contributed by atoms with Crippen molar-refractivity contribution in [2.75, 3.05) is 19.6 Å². The van der Waals surface area contributed by atoms with Gasteiger partial charge in [-0.25, -0.2) is 0 Å². The molecule has 2 N–H and O–H groups in total. The third kappa shape index (κ3) is 2.94. The van der Waals surface area contributed by atoms with Gasteiger partial charge in [-0.05, 0) is 30.9 Å². The molecule has 3 nitrogen and oxygen atoms in total. The fourth-order valence-electron chi connectivity index (χ4n) is 4.18. The number of benzene rings is 2. The Hall–Kier alpha value is -1.84. The molecule has 1 atom stereocenters. The molecule has 1 saturated heterocycles. The van der Waals surface area contributed by atoms with Crippen molar-refractivity contribution < 1.29 is 10.0 Å². The van der Waals surface area contributed by atoms with Crippen molar-refractivity contribution in [3.63, 3.8) is 0 Å². The second-order valence-electron chi connectivity index (χ2n) is 7.44. The van der Waals surface area contributed by atoms with Crippen molar-refractivity contribution in [1.29, 1.82) is 0 Å². The molecule has 0 radical (unpaired) electrons. The highest BCUT2D eigenvalue weighted by Gasteiger charge is 2.22. The first-order chi connectivity index (χ1) is 11.7. The molecule has 3 heteroatoms. The van der Waals surface area contributed by atoms with Gasteiger partial charge in [-0.1, -0.05) is 43.3 Å². The fourth-order valence-corrected chi connectivity index (χ4v) is 4.18. The molecule has 0 unspecified atom stereocenters. The van der Waals surface area contributed by atoms with E-state index in [9.17, 15) is 5.11 Å². The number of aromatic nitrogens is 1. The molecular weight excluding hydrogens is 296 g/mol. The molecule has 0 amide bonds. The van der Waals surface area contributed by atoms with E-state index < -0.39 is 0 Å². The van der Waals surface area contributed by atoms with Crippen LogP contribution in [-0.2, 0) is 6.54 Å². The molecule has 4 rings (SSSR count). The van der Waals surface area contributed by atoms with Crippen LogP contribution in [0.2, 0.25) is 0 Å². The van der Waals surface area contributed by atoms with Crippen LogP contribution >= 0.6 is 0 Å². The highest BCUT2D eigenvalue weighted by Crippen LogP contribution is 2.28. The zero-order valence-electron chi connectivity index (χ0n) is 14.4. The monoisotopic (exact) mass is 323 g/mol. The molecule has 24 heavy (non-hydrogen) atoms. The molecule has 2 heterocycles. The van der Waals surface area contributed by atoms with Gasteiger partial charge in [0.15, 0.2) is 0 Å². The number of nitrogens with one attached hydrogen (secondary N) is 1. The topological polar surface area (TPSA) is 29.6 Å². The number of para-hydroxylation sites is 2. The Balaban J connectivity index is 1.59. The summed E-state index contributed by atoms with van der Waals surface area (Å²) in [6.07, 6.45) is 2.28. The molecule has 1 aliphatic heterocycles. The summed E-state index contributed by atoms with van der Waals surface area (Å²) in [7, 11) is 0. The zero-order chi connectivity index (χ0) is 16.5. The average molecular weight is 323 g/mol. The maximum Gasteiger partial charge on any atom is 0.121 e. The van der Waals surface area contributed by atoms with Crippen LogP contribution in [-0.4, -0.2) is 35.4 Å². The van der Waals surface area contributed by atoms with Crippen LogP contribution in [0.3, 0.4) is 0 Å². The van der Waals surface area contributed by atoms with Crippen LogP contribution in [0.1, 0.15) is 19.8 Å².